The fourth-order valence-corrected chi connectivity index (χ4v) is 2.91. The van der Waals surface area contributed by atoms with Crippen molar-refractivity contribution in [2.45, 2.75) is 20.1 Å². The molecule has 0 aliphatic carbocycles. The van der Waals surface area contributed by atoms with Crippen LogP contribution in [0.3, 0.4) is 0 Å². The Labute approximate surface area is 170 Å². The number of alkyl halides is 2. The zero-order chi connectivity index (χ0) is 21.0. The van der Waals surface area contributed by atoms with Gasteiger partial charge in [0.2, 0.25) is 11.7 Å². The number of ether oxygens (including phenoxy) is 2. The lowest BCUT2D eigenvalue weighted by molar-refractivity contribution is -0.0504. The van der Waals surface area contributed by atoms with Crippen LogP contribution in [0.15, 0.2) is 53.5 Å². The zero-order valence-corrected chi connectivity index (χ0v) is 16.4. The fourth-order valence-electron chi connectivity index (χ4n) is 2.74. The number of nitrogens with zero attached hydrogens (tertiary/aromatic N) is 2. The van der Waals surface area contributed by atoms with Gasteiger partial charge in [0.05, 0.1) is 19.9 Å². The average Bonchev–Trinajstić information content (AvgIpc) is 2.69. The Morgan fingerprint density at radius 2 is 1.93 bits per heavy atom. The summed E-state index contributed by atoms with van der Waals surface area (Å²) in [5, 5.41) is 3.63. The molecule has 2 aromatic carbocycles. The van der Waals surface area contributed by atoms with E-state index in [4.69, 9.17) is 16.3 Å². The number of anilines is 2. The van der Waals surface area contributed by atoms with Crippen LogP contribution in [0.4, 0.5) is 20.4 Å². The van der Waals surface area contributed by atoms with Crippen LogP contribution < -0.4 is 20.3 Å². The van der Waals surface area contributed by atoms with E-state index in [9.17, 15) is 13.6 Å². The molecule has 29 heavy (non-hydrogen) atoms. The van der Waals surface area contributed by atoms with Crippen LogP contribution in [0, 0.1) is 6.92 Å². The van der Waals surface area contributed by atoms with E-state index >= 15 is 0 Å². The molecule has 0 fully saturated rings. The van der Waals surface area contributed by atoms with Crippen LogP contribution in [-0.4, -0.2) is 23.3 Å². The molecule has 1 N–H and O–H groups in total. The highest BCUT2D eigenvalue weighted by molar-refractivity contribution is 6.31. The molecule has 0 radical (unpaired) electrons. The Bertz CT molecular complexity index is 1070. The summed E-state index contributed by atoms with van der Waals surface area (Å²) in [5.41, 5.74) is 1.33. The van der Waals surface area contributed by atoms with Crippen molar-refractivity contribution >= 4 is 23.2 Å². The van der Waals surface area contributed by atoms with Gasteiger partial charge in [-0.1, -0.05) is 35.9 Å². The Kier molecular flexibility index (Phi) is 6.33. The molecule has 6 nitrogen and oxygen atoms in total. The molecule has 0 saturated heterocycles. The first kappa shape index (κ1) is 20.6. The van der Waals surface area contributed by atoms with E-state index in [1.807, 2.05) is 6.92 Å². The Hall–Kier alpha value is -3.13. The molecule has 0 amide bonds. The molecule has 0 spiro atoms. The van der Waals surface area contributed by atoms with Crippen LogP contribution in [0.2, 0.25) is 5.02 Å². The van der Waals surface area contributed by atoms with E-state index < -0.39 is 12.2 Å². The lowest BCUT2D eigenvalue weighted by atomic mass is 10.2. The lowest BCUT2D eigenvalue weighted by Crippen LogP contribution is -2.26. The van der Waals surface area contributed by atoms with Crippen molar-refractivity contribution in [2.75, 3.05) is 12.4 Å². The predicted octanol–water partition coefficient (Wildman–Crippen LogP) is 4.61. The minimum atomic E-state index is -2.98. The summed E-state index contributed by atoms with van der Waals surface area (Å²) in [6.45, 7) is -1.22. The molecule has 0 atom stereocenters. The molecular formula is C20H18ClF2N3O3. The van der Waals surface area contributed by atoms with Crippen LogP contribution in [0.25, 0.3) is 0 Å². The number of halogens is 3. The Balaban J connectivity index is 2.06. The summed E-state index contributed by atoms with van der Waals surface area (Å²) in [4.78, 5) is 17.1. The number of para-hydroxylation sites is 1. The van der Waals surface area contributed by atoms with E-state index in [0.29, 0.717) is 16.3 Å². The standard InChI is InChI=1S/C20H18ClF2N3O3/c1-12-14(21)7-5-8-15(12)25-20-24-10-17(28-2)18(27)26(20)11-13-6-3-4-9-16(13)29-19(22)23/h3-10,19H,11H2,1-2H3,(H,24,25). The molecule has 0 saturated carbocycles. The number of methoxy groups -OCH3 is 1. The molecule has 9 heteroatoms. The molecular weight excluding hydrogens is 404 g/mol. The van der Waals surface area contributed by atoms with Gasteiger partial charge >= 0.3 is 6.61 Å². The molecule has 0 bridgehead atoms. The highest BCUT2D eigenvalue weighted by Crippen LogP contribution is 2.27. The monoisotopic (exact) mass is 421 g/mol. The van der Waals surface area contributed by atoms with Crippen LogP contribution in [0.1, 0.15) is 11.1 Å². The van der Waals surface area contributed by atoms with E-state index in [1.165, 1.54) is 23.9 Å². The first-order valence-corrected chi connectivity index (χ1v) is 8.97. The average molecular weight is 422 g/mol. The van der Waals surface area contributed by atoms with Gasteiger partial charge in [-0.05, 0) is 30.7 Å². The quantitative estimate of drug-likeness (QED) is 0.603. The second-order valence-corrected chi connectivity index (χ2v) is 6.47. The normalized spacial score (nSPS) is 10.8. The van der Waals surface area contributed by atoms with Gasteiger partial charge in [-0.25, -0.2) is 4.98 Å². The van der Waals surface area contributed by atoms with Gasteiger partial charge in [-0.2, -0.15) is 8.78 Å². The van der Waals surface area contributed by atoms with Gasteiger partial charge in [0.1, 0.15) is 5.75 Å². The maximum Gasteiger partial charge on any atom is 0.387 e. The van der Waals surface area contributed by atoms with Gasteiger partial charge in [0.15, 0.2) is 0 Å². The van der Waals surface area contributed by atoms with Crippen LogP contribution in [-0.2, 0) is 6.54 Å². The van der Waals surface area contributed by atoms with Gasteiger partial charge in [0.25, 0.3) is 5.56 Å². The largest absolute Gasteiger partial charge is 0.490 e. The third kappa shape index (κ3) is 4.65. The summed E-state index contributed by atoms with van der Waals surface area (Å²) in [6, 6.07) is 11.5. The van der Waals surface area contributed by atoms with Gasteiger partial charge in [0, 0.05) is 16.3 Å². The van der Waals surface area contributed by atoms with Crippen molar-refractivity contribution in [3.8, 4) is 11.5 Å². The van der Waals surface area contributed by atoms with Crippen molar-refractivity contribution in [1.29, 1.82) is 0 Å². The Morgan fingerprint density at radius 3 is 2.66 bits per heavy atom. The molecule has 0 aliphatic rings. The van der Waals surface area contributed by atoms with E-state index in [-0.39, 0.29) is 24.0 Å². The summed E-state index contributed by atoms with van der Waals surface area (Å²) in [7, 11) is 1.35. The number of aromatic nitrogens is 2. The van der Waals surface area contributed by atoms with Gasteiger partial charge in [-0.3, -0.25) is 9.36 Å². The second-order valence-electron chi connectivity index (χ2n) is 6.07. The van der Waals surface area contributed by atoms with Crippen LogP contribution >= 0.6 is 11.6 Å². The van der Waals surface area contributed by atoms with Gasteiger partial charge in [-0.15, -0.1) is 0 Å². The summed E-state index contributed by atoms with van der Waals surface area (Å²) in [5.74, 6) is 0.195. The Morgan fingerprint density at radius 1 is 1.17 bits per heavy atom. The number of hydrogen-bond acceptors (Lipinski definition) is 5. The predicted molar refractivity (Wildman–Crippen MR) is 107 cm³/mol. The van der Waals surface area contributed by atoms with Crippen LogP contribution in [0.5, 0.6) is 11.5 Å². The first-order chi connectivity index (χ1) is 13.9. The number of rotatable bonds is 7. The highest BCUT2D eigenvalue weighted by atomic mass is 35.5. The van der Waals surface area contributed by atoms with E-state index in [2.05, 4.69) is 15.0 Å². The maximum atomic E-state index is 12.8. The zero-order valence-electron chi connectivity index (χ0n) is 15.7. The fraction of sp³-hybridized carbons (Fsp3) is 0.200. The molecule has 3 aromatic rings. The van der Waals surface area contributed by atoms with Crippen molar-refractivity contribution < 1.29 is 18.3 Å². The molecule has 0 aliphatic heterocycles. The SMILES string of the molecule is COc1cnc(Nc2cccc(Cl)c2C)n(Cc2ccccc2OC(F)F)c1=O. The molecule has 152 valence electrons. The molecule has 3 rings (SSSR count). The maximum absolute atomic E-state index is 12.8. The minimum absolute atomic E-state index is 0.0191. The van der Waals surface area contributed by atoms with E-state index in [1.54, 1.807) is 36.4 Å². The third-order valence-electron chi connectivity index (χ3n) is 4.27. The molecule has 0 unspecified atom stereocenters. The summed E-state index contributed by atoms with van der Waals surface area (Å²) in [6.07, 6.45) is 1.29. The third-order valence-corrected chi connectivity index (χ3v) is 4.68. The van der Waals surface area contributed by atoms with Gasteiger partial charge < -0.3 is 14.8 Å². The first-order valence-electron chi connectivity index (χ1n) is 8.59. The highest BCUT2D eigenvalue weighted by Gasteiger charge is 2.16. The molecule has 1 heterocycles. The lowest BCUT2D eigenvalue weighted by Gasteiger charge is -2.17. The number of benzene rings is 2. The summed E-state index contributed by atoms with van der Waals surface area (Å²) < 4.78 is 36.4. The van der Waals surface area contributed by atoms with Crippen molar-refractivity contribution in [2.24, 2.45) is 0 Å². The second kappa shape index (κ2) is 8.91. The number of nitrogens with one attached hydrogen (secondary N) is 1. The smallest absolute Gasteiger partial charge is 0.387 e. The number of hydrogen-bond donors (Lipinski definition) is 1. The summed E-state index contributed by atoms with van der Waals surface area (Å²) >= 11 is 6.16. The molecule has 1 aromatic heterocycles. The van der Waals surface area contributed by atoms with Crippen molar-refractivity contribution in [3.63, 3.8) is 0 Å². The van der Waals surface area contributed by atoms with Crippen molar-refractivity contribution in [1.82, 2.24) is 9.55 Å². The topological polar surface area (TPSA) is 65.4 Å². The van der Waals surface area contributed by atoms with Crippen molar-refractivity contribution in [3.05, 3.63) is 75.2 Å². The van der Waals surface area contributed by atoms with E-state index in [0.717, 1.165) is 5.56 Å². The minimum Gasteiger partial charge on any atom is -0.490 e.